The number of nitrogens with one attached hydrogen (secondary N) is 1. The van der Waals surface area contributed by atoms with Crippen LogP contribution >= 0.6 is 23.2 Å². The average Bonchev–Trinajstić information content (AvgIpc) is 2.49. The van der Waals surface area contributed by atoms with Gasteiger partial charge in [-0.1, -0.05) is 23.2 Å². The molecule has 0 aliphatic carbocycles. The lowest BCUT2D eigenvalue weighted by atomic mass is 10.2. The Kier molecular flexibility index (Phi) is 5.44. The summed E-state index contributed by atoms with van der Waals surface area (Å²) in [4.78, 5) is 12.1. The molecule has 6 heteroatoms. The van der Waals surface area contributed by atoms with Crippen LogP contribution < -0.4 is 10.1 Å². The summed E-state index contributed by atoms with van der Waals surface area (Å²) in [5.74, 6) is 0.273. The molecule has 0 bridgehead atoms. The molecule has 0 radical (unpaired) electrons. The monoisotopic (exact) mass is 325 g/mol. The maximum atomic E-state index is 12.1. The number of aliphatic hydroxyl groups is 1. The number of carbonyl (C=O) groups is 1. The van der Waals surface area contributed by atoms with Gasteiger partial charge in [-0.3, -0.25) is 4.79 Å². The summed E-state index contributed by atoms with van der Waals surface area (Å²) >= 11 is 11.8. The Morgan fingerprint density at radius 1 is 1.14 bits per heavy atom. The number of aliphatic hydroxyl groups excluding tert-OH is 1. The zero-order valence-corrected chi connectivity index (χ0v) is 12.5. The fraction of sp³-hybridized carbons (Fsp3) is 0.133. The summed E-state index contributed by atoms with van der Waals surface area (Å²) in [6.07, 6.45) is 0. The van der Waals surface area contributed by atoms with Crippen LogP contribution in [0.5, 0.6) is 5.75 Å². The van der Waals surface area contributed by atoms with Crippen LogP contribution in [0.25, 0.3) is 0 Å². The van der Waals surface area contributed by atoms with Crippen molar-refractivity contribution in [3.63, 3.8) is 0 Å². The van der Waals surface area contributed by atoms with Crippen LogP contribution in [0.1, 0.15) is 10.4 Å². The molecule has 0 atom stereocenters. The molecule has 0 spiro atoms. The highest BCUT2D eigenvalue weighted by atomic mass is 35.5. The fourth-order valence-corrected chi connectivity index (χ4v) is 2.04. The zero-order chi connectivity index (χ0) is 15.2. The molecule has 4 nitrogen and oxygen atoms in total. The highest BCUT2D eigenvalue weighted by molar-refractivity contribution is 6.36. The largest absolute Gasteiger partial charge is 0.491 e. The number of benzene rings is 2. The molecule has 2 rings (SSSR count). The number of hydrogen-bond donors (Lipinski definition) is 2. The lowest BCUT2D eigenvalue weighted by Gasteiger charge is -2.08. The molecule has 0 unspecified atom stereocenters. The van der Waals surface area contributed by atoms with E-state index in [0.717, 1.165) is 0 Å². The standard InChI is InChI=1S/C15H13Cl2NO3/c16-10-1-6-14(17)13(9-10)15(20)18-11-2-4-12(5-3-11)21-8-7-19/h1-6,9,19H,7-8H2,(H,18,20). The highest BCUT2D eigenvalue weighted by Crippen LogP contribution is 2.22. The van der Waals surface area contributed by atoms with E-state index in [1.54, 1.807) is 36.4 Å². The van der Waals surface area contributed by atoms with Gasteiger partial charge in [0.2, 0.25) is 0 Å². The van der Waals surface area contributed by atoms with Crippen LogP contribution in [0, 0.1) is 0 Å². The quantitative estimate of drug-likeness (QED) is 0.882. The summed E-state index contributed by atoms with van der Waals surface area (Å²) in [7, 11) is 0. The number of ether oxygens (including phenoxy) is 1. The minimum Gasteiger partial charge on any atom is -0.491 e. The van der Waals surface area contributed by atoms with Crippen molar-refractivity contribution in [1.82, 2.24) is 0 Å². The molecule has 0 heterocycles. The third-order valence-corrected chi connectivity index (χ3v) is 3.21. The van der Waals surface area contributed by atoms with Crippen molar-refractivity contribution in [1.29, 1.82) is 0 Å². The second kappa shape index (κ2) is 7.31. The van der Waals surface area contributed by atoms with E-state index < -0.39 is 0 Å². The summed E-state index contributed by atoms with van der Waals surface area (Å²) in [6, 6.07) is 11.5. The second-order valence-corrected chi connectivity index (χ2v) is 5.02. The Hall–Kier alpha value is -1.75. The molecule has 1 amide bonds. The van der Waals surface area contributed by atoms with Crippen LogP contribution in [0.15, 0.2) is 42.5 Å². The van der Waals surface area contributed by atoms with Gasteiger partial charge in [-0.05, 0) is 42.5 Å². The molecule has 21 heavy (non-hydrogen) atoms. The average molecular weight is 326 g/mol. The van der Waals surface area contributed by atoms with E-state index in [4.69, 9.17) is 33.0 Å². The minimum absolute atomic E-state index is 0.0498. The summed E-state index contributed by atoms with van der Waals surface area (Å²) in [6.45, 7) is 0.176. The first kappa shape index (κ1) is 15.6. The van der Waals surface area contributed by atoms with E-state index in [2.05, 4.69) is 5.32 Å². The molecule has 2 N–H and O–H groups in total. The summed E-state index contributed by atoms with van der Waals surface area (Å²) in [5, 5.41) is 12.2. The Morgan fingerprint density at radius 3 is 2.52 bits per heavy atom. The third kappa shape index (κ3) is 4.36. The zero-order valence-electron chi connectivity index (χ0n) is 11.0. The van der Waals surface area contributed by atoms with Gasteiger partial charge in [0.25, 0.3) is 5.91 Å². The van der Waals surface area contributed by atoms with Crippen molar-refractivity contribution in [3.05, 3.63) is 58.1 Å². The van der Waals surface area contributed by atoms with Crippen LogP contribution in [0.2, 0.25) is 10.0 Å². The van der Waals surface area contributed by atoms with Crippen molar-refractivity contribution in [3.8, 4) is 5.75 Å². The number of anilines is 1. The van der Waals surface area contributed by atoms with E-state index in [1.807, 2.05) is 0 Å². The topological polar surface area (TPSA) is 58.6 Å². The Bertz CT molecular complexity index is 629. The Morgan fingerprint density at radius 2 is 1.86 bits per heavy atom. The van der Waals surface area contributed by atoms with E-state index in [0.29, 0.717) is 27.0 Å². The molecule has 2 aromatic carbocycles. The van der Waals surface area contributed by atoms with Gasteiger partial charge in [-0.15, -0.1) is 0 Å². The molecule has 0 aliphatic heterocycles. The molecule has 0 aliphatic rings. The first-order valence-electron chi connectivity index (χ1n) is 6.20. The van der Waals surface area contributed by atoms with Gasteiger partial charge in [0, 0.05) is 10.7 Å². The number of hydrogen-bond acceptors (Lipinski definition) is 3. The van der Waals surface area contributed by atoms with Crippen molar-refractivity contribution >= 4 is 34.8 Å². The Balaban J connectivity index is 2.07. The van der Waals surface area contributed by atoms with Gasteiger partial charge in [-0.25, -0.2) is 0 Å². The number of carbonyl (C=O) groups excluding carboxylic acids is 1. The van der Waals surface area contributed by atoms with Gasteiger partial charge in [0.1, 0.15) is 12.4 Å². The lowest BCUT2D eigenvalue weighted by Crippen LogP contribution is -2.12. The molecule has 2 aromatic rings. The minimum atomic E-state index is -0.341. The predicted molar refractivity (Wildman–Crippen MR) is 83.4 cm³/mol. The maximum absolute atomic E-state index is 12.1. The van der Waals surface area contributed by atoms with E-state index >= 15 is 0 Å². The second-order valence-electron chi connectivity index (χ2n) is 4.17. The lowest BCUT2D eigenvalue weighted by molar-refractivity contribution is 0.102. The maximum Gasteiger partial charge on any atom is 0.257 e. The number of rotatable bonds is 5. The molecule has 0 saturated heterocycles. The van der Waals surface area contributed by atoms with E-state index in [1.165, 1.54) is 6.07 Å². The molecule has 110 valence electrons. The smallest absolute Gasteiger partial charge is 0.257 e. The molecule has 0 fully saturated rings. The van der Waals surface area contributed by atoms with Gasteiger partial charge in [0.05, 0.1) is 17.2 Å². The van der Waals surface area contributed by atoms with Crippen molar-refractivity contribution in [2.24, 2.45) is 0 Å². The predicted octanol–water partition coefficient (Wildman–Crippen LogP) is 3.62. The first-order chi connectivity index (χ1) is 10.1. The number of halogens is 2. The normalized spacial score (nSPS) is 10.2. The van der Waals surface area contributed by atoms with Crippen LogP contribution in [-0.2, 0) is 0 Å². The summed E-state index contributed by atoms with van der Waals surface area (Å²) < 4.78 is 5.23. The van der Waals surface area contributed by atoms with Crippen LogP contribution in [0.4, 0.5) is 5.69 Å². The number of amides is 1. The van der Waals surface area contributed by atoms with E-state index in [-0.39, 0.29) is 19.1 Å². The Labute approximate surface area is 132 Å². The molecular weight excluding hydrogens is 313 g/mol. The molecular formula is C15H13Cl2NO3. The fourth-order valence-electron chi connectivity index (χ4n) is 1.67. The molecule has 0 aromatic heterocycles. The SMILES string of the molecule is O=C(Nc1ccc(OCCO)cc1)c1cc(Cl)ccc1Cl. The van der Waals surface area contributed by atoms with Crippen molar-refractivity contribution < 1.29 is 14.6 Å². The van der Waals surface area contributed by atoms with Crippen LogP contribution in [-0.4, -0.2) is 24.2 Å². The van der Waals surface area contributed by atoms with Crippen molar-refractivity contribution in [2.45, 2.75) is 0 Å². The van der Waals surface area contributed by atoms with E-state index in [9.17, 15) is 4.79 Å². The van der Waals surface area contributed by atoms with Gasteiger partial charge in [-0.2, -0.15) is 0 Å². The highest BCUT2D eigenvalue weighted by Gasteiger charge is 2.11. The summed E-state index contributed by atoms with van der Waals surface area (Å²) in [5.41, 5.74) is 0.914. The first-order valence-corrected chi connectivity index (χ1v) is 6.96. The van der Waals surface area contributed by atoms with Crippen LogP contribution in [0.3, 0.4) is 0 Å². The van der Waals surface area contributed by atoms with Gasteiger partial charge < -0.3 is 15.2 Å². The van der Waals surface area contributed by atoms with Gasteiger partial charge >= 0.3 is 0 Å². The van der Waals surface area contributed by atoms with Gasteiger partial charge in [0.15, 0.2) is 0 Å². The molecule has 0 saturated carbocycles. The third-order valence-electron chi connectivity index (χ3n) is 2.65. The van der Waals surface area contributed by atoms with Crippen molar-refractivity contribution in [2.75, 3.05) is 18.5 Å².